The van der Waals surface area contributed by atoms with Crippen LogP contribution in [-0.2, 0) is 4.74 Å². The van der Waals surface area contributed by atoms with Gasteiger partial charge in [0, 0.05) is 41.8 Å². The van der Waals surface area contributed by atoms with Crippen LogP contribution in [0.3, 0.4) is 0 Å². The summed E-state index contributed by atoms with van der Waals surface area (Å²) in [6.07, 6.45) is 23.2. The van der Waals surface area contributed by atoms with Crippen molar-refractivity contribution in [2.75, 3.05) is 46.2 Å². The number of nitrogens with zero attached hydrogens (tertiary/aromatic N) is 4. The zero-order valence-corrected chi connectivity index (χ0v) is 56.8. The Morgan fingerprint density at radius 3 is 1.01 bits per heavy atom. The molecule has 4 aromatic carbocycles. The molecular formula is C67H100Cl3LiN4OSi2. The first-order valence-electron chi connectivity index (χ1n) is 28.2. The third-order valence-corrected chi connectivity index (χ3v) is 15.6. The van der Waals surface area contributed by atoms with Crippen LogP contribution in [-0.4, -0.2) is 40.6 Å². The van der Waals surface area contributed by atoms with Crippen LogP contribution in [0.2, 0.25) is 26.2 Å². The maximum Gasteiger partial charge on any atom is 1.00 e. The van der Waals surface area contributed by atoms with Crippen LogP contribution < -0.4 is 38.5 Å². The summed E-state index contributed by atoms with van der Waals surface area (Å²) in [7, 11) is -2.13. The van der Waals surface area contributed by atoms with Crippen molar-refractivity contribution < 1.29 is 23.6 Å². The zero-order chi connectivity index (χ0) is 58.7. The molecule has 0 aromatic heterocycles. The Labute approximate surface area is 506 Å². The second kappa shape index (κ2) is 34.1. The van der Waals surface area contributed by atoms with Crippen LogP contribution in [0.5, 0.6) is 0 Å². The molecule has 1 saturated heterocycles. The molecule has 78 heavy (non-hydrogen) atoms. The van der Waals surface area contributed by atoms with E-state index in [2.05, 4.69) is 260 Å². The summed E-state index contributed by atoms with van der Waals surface area (Å²) in [6, 6.07) is 27.2. The second-order valence-corrected chi connectivity index (χ2v) is 38.8. The average molecular weight is 1150 g/mol. The zero-order valence-electron chi connectivity index (χ0n) is 52.5. The number of rotatable bonds is 13. The second-order valence-electron chi connectivity index (χ2n) is 23.6. The Morgan fingerprint density at radius 2 is 0.756 bits per heavy atom. The molecule has 0 bridgehead atoms. The number of anilines is 4. The van der Waals surface area contributed by atoms with Crippen molar-refractivity contribution in [2.24, 2.45) is 0 Å². The van der Waals surface area contributed by atoms with Crippen LogP contribution in [0.15, 0.2) is 90.5 Å². The van der Waals surface area contributed by atoms with Gasteiger partial charge < -0.3 is 24.3 Å². The normalized spacial score (nSPS) is 14.1. The minimum absolute atomic E-state index is 0. The van der Waals surface area contributed by atoms with Crippen molar-refractivity contribution in [3.63, 3.8) is 0 Å². The van der Waals surface area contributed by atoms with Crippen molar-refractivity contribution >= 4 is 70.1 Å². The number of hydrogen-bond donors (Lipinski definition) is 0. The van der Waals surface area contributed by atoms with Gasteiger partial charge in [-0.25, -0.2) is 0 Å². The SMILES string of the molecule is C#C.C#CC.C1CCOC1.CC(C)c1cccc(C(C)C)c1N1C=C([Si](C)(C)Cl)N(c2c(C(C)C)cccc2C(C)C)C1.CC(C)c1cccc(C(C)C)c1N1[C-]=CN(c2c(C(C)C)cccc2C(C)C)C1.C[Si](C)(Cl)Cl.[Li+]. The van der Waals surface area contributed by atoms with E-state index in [1.807, 2.05) is 13.1 Å². The third kappa shape index (κ3) is 21.1. The average Bonchev–Trinajstić information content (AvgIpc) is 4.18. The van der Waals surface area contributed by atoms with E-state index in [-0.39, 0.29) is 18.9 Å². The molecule has 0 unspecified atom stereocenters. The molecule has 0 radical (unpaired) electrons. The quantitative estimate of drug-likeness (QED) is 0.0574. The van der Waals surface area contributed by atoms with E-state index in [4.69, 9.17) is 38.0 Å². The summed E-state index contributed by atoms with van der Waals surface area (Å²) in [5.41, 5.74) is 16.7. The molecule has 1 fully saturated rings. The molecule has 0 N–H and O–H groups in total. The van der Waals surface area contributed by atoms with Crippen molar-refractivity contribution in [1.82, 2.24) is 0 Å². The molecule has 0 saturated carbocycles. The predicted molar refractivity (Wildman–Crippen MR) is 351 cm³/mol. The molecule has 0 spiro atoms. The van der Waals surface area contributed by atoms with Crippen molar-refractivity contribution in [2.45, 2.75) is 204 Å². The summed E-state index contributed by atoms with van der Waals surface area (Å²) in [4.78, 5) is 9.75. The molecule has 3 heterocycles. The van der Waals surface area contributed by atoms with Crippen LogP contribution in [0.4, 0.5) is 22.7 Å². The summed E-state index contributed by atoms with van der Waals surface area (Å²) in [5, 5.41) is 1.30. The van der Waals surface area contributed by atoms with Gasteiger partial charge >= 0.3 is 18.9 Å². The standard InChI is InChI=1S/C29H43ClN2Si.C27H37N2.C4H8O.C3H4.C2H6Cl2Si.C2H2.Li/c1-19(2)23-13-11-14-24(20(3)4)28(23)31-17-27(33(9,10)30)32(18-31)29-25(21(5)6)15-12-16-26(29)22(7)8;1-18(2)22-11-9-12-23(19(3)4)26(22)28-15-16-29(17-28)27-24(20(5)6)13-10-14-25(27)21(7)8;1-2-4-5-3-1;1-3-2;1-5(2,3)4;1-2;/h11-17,19-22H,18H2,1-10H3;9-15,18-21H,17H2,1-8H3;1-4H2;1H,2H3;1-2H3;1-2H;/q;-1;;;;;+1. The first-order chi connectivity index (χ1) is 36.0. The molecule has 4 aromatic rings. The minimum atomic E-state index is -2.13. The first kappa shape index (κ1) is 72.6. The fourth-order valence-electron chi connectivity index (χ4n) is 9.78. The number of benzene rings is 4. The van der Waals surface area contributed by atoms with Gasteiger partial charge in [-0.1, -0.05) is 203 Å². The van der Waals surface area contributed by atoms with Gasteiger partial charge in [-0.15, -0.1) is 64.2 Å². The van der Waals surface area contributed by atoms with E-state index in [0.717, 1.165) is 26.6 Å². The van der Waals surface area contributed by atoms with E-state index < -0.39 is 14.1 Å². The van der Waals surface area contributed by atoms with Crippen molar-refractivity contribution in [3.8, 4) is 25.2 Å². The summed E-state index contributed by atoms with van der Waals surface area (Å²) in [5.74, 6) is 6.00. The topological polar surface area (TPSA) is 22.2 Å². The monoisotopic (exact) mass is 1140 g/mol. The Bertz CT molecular complexity index is 2370. The van der Waals surface area contributed by atoms with E-state index in [1.54, 1.807) is 6.92 Å². The Kier molecular flexibility index (Phi) is 31.7. The maximum absolute atomic E-state index is 7.21. The van der Waals surface area contributed by atoms with Crippen molar-refractivity contribution in [1.29, 1.82) is 0 Å². The van der Waals surface area contributed by atoms with E-state index >= 15 is 0 Å². The maximum atomic E-state index is 7.21. The van der Waals surface area contributed by atoms with Gasteiger partial charge in [-0.05, 0) is 114 Å². The number of ether oxygens (including phenoxy) is 1. The summed E-state index contributed by atoms with van der Waals surface area (Å²) in [6.45, 7) is 48.5. The molecule has 5 nitrogen and oxygen atoms in total. The predicted octanol–water partition coefficient (Wildman–Crippen LogP) is 17.9. The fourth-order valence-corrected chi connectivity index (χ4v) is 11.5. The number of halogens is 3. The van der Waals surface area contributed by atoms with E-state index in [9.17, 15) is 0 Å². The van der Waals surface area contributed by atoms with Gasteiger partial charge in [-0.3, -0.25) is 0 Å². The molecule has 0 amide bonds. The van der Waals surface area contributed by atoms with E-state index in [0.29, 0.717) is 47.3 Å². The largest absolute Gasteiger partial charge is 1.00 e. The van der Waals surface area contributed by atoms with Gasteiger partial charge in [0.25, 0.3) is 0 Å². The molecule has 7 rings (SSSR count). The fraction of sp³-hybridized carbons (Fsp3) is 0.522. The molecule has 11 heteroatoms. The Hall–Kier alpha value is -3.46. The molecule has 0 atom stereocenters. The van der Waals surface area contributed by atoms with Gasteiger partial charge in [0.05, 0.1) is 13.3 Å². The third-order valence-electron chi connectivity index (χ3n) is 13.4. The number of hydrogen-bond acceptors (Lipinski definition) is 5. The molecule has 3 aliphatic rings. The van der Waals surface area contributed by atoms with E-state index in [1.165, 1.54) is 85.4 Å². The van der Waals surface area contributed by atoms with Crippen LogP contribution in [0.1, 0.15) is 222 Å². The van der Waals surface area contributed by atoms with Gasteiger partial charge in [0.1, 0.15) is 0 Å². The molecule has 424 valence electrons. The Morgan fingerprint density at radius 1 is 0.487 bits per heavy atom. The minimum Gasteiger partial charge on any atom is -0.493 e. The first-order valence-corrected chi connectivity index (χ1v) is 37.3. The van der Waals surface area contributed by atoms with Crippen LogP contribution >= 0.6 is 33.2 Å². The number of para-hydroxylation sites is 4. The van der Waals surface area contributed by atoms with Gasteiger partial charge in [-0.2, -0.15) is 17.3 Å². The van der Waals surface area contributed by atoms with Crippen LogP contribution in [0.25, 0.3) is 0 Å². The van der Waals surface area contributed by atoms with Gasteiger partial charge in [0.2, 0.25) is 14.1 Å². The molecule has 3 aliphatic heterocycles. The Balaban J connectivity index is 0.000000614. The van der Waals surface area contributed by atoms with Crippen molar-refractivity contribution in [3.05, 3.63) is 141 Å². The van der Waals surface area contributed by atoms with Gasteiger partial charge in [0.15, 0.2) is 0 Å². The molecule has 0 aliphatic carbocycles. The summed E-state index contributed by atoms with van der Waals surface area (Å²) < 4.78 is 4.94. The summed E-state index contributed by atoms with van der Waals surface area (Å²) >= 11 is 18.1. The molecular weight excluding hydrogens is 1050 g/mol. The number of terminal acetylenes is 2. The smallest absolute Gasteiger partial charge is 0.493 e. The van der Waals surface area contributed by atoms with Crippen LogP contribution in [0, 0.1) is 31.4 Å².